The zero-order valence-corrected chi connectivity index (χ0v) is 16.1. The Kier molecular flexibility index (Phi) is 6.07. The monoisotopic (exact) mass is 389 g/mol. The van der Waals surface area contributed by atoms with Crippen LogP contribution in [0.2, 0.25) is 0 Å². The second kappa shape index (κ2) is 7.51. The number of likely N-dealkylation sites (tertiary alicyclic amines) is 1. The number of benzene rings is 1. The molecule has 0 aliphatic carbocycles. The van der Waals surface area contributed by atoms with Crippen molar-refractivity contribution < 1.29 is 27.5 Å². The maximum Gasteiger partial charge on any atom is 0.418 e. The first-order valence-corrected chi connectivity index (χ1v) is 9.06. The van der Waals surface area contributed by atoms with E-state index in [-0.39, 0.29) is 30.7 Å². The lowest BCUT2D eigenvalue weighted by Gasteiger charge is -2.43. The van der Waals surface area contributed by atoms with Crippen LogP contribution in [0.1, 0.15) is 39.7 Å². The fourth-order valence-electron chi connectivity index (χ4n) is 3.99. The molecule has 0 saturated carbocycles. The molecular formula is C20H27F4NO2. The van der Waals surface area contributed by atoms with Crippen LogP contribution in [0.5, 0.6) is 0 Å². The molecule has 0 amide bonds. The Morgan fingerprint density at radius 2 is 1.56 bits per heavy atom. The maximum atomic E-state index is 13.8. The molecule has 2 rings (SSSR count). The smallest absolute Gasteiger partial charge is 0.379 e. The molecule has 1 aliphatic rings. The van der Waals surface area contributed by atoms with Gasteiger partial charge in [0.1, 0.15) is 11.6 Å². The van der Waals surface area contributed by atoms with E-state index in [9.17, 15) is 27.5 Å². The van der Waals surface area contributed by atoms with Crippen molar-refractivity contribution >= 4 is 5.78 Å². The second-order valence-electron chi connectivity index (χ2n) is 8.50. The Morgan fingerprint density at radius 1 is 1.07 bits per heavy atom. The largest absolute Gasteiger partial charge is 0.418 e. The lowest BCUT2D eigenvalue weighted by molar-refractivity contribution is -0.272. The highest BCUT2D eigenvalue weighted by atomic mass is 19.4. The zero-order chi connectivity index (χ0) is 20.6. The van der Waals surface area contributed by atoms with Crippen molar-refractivity contribution in [3.63, 3.8) is 0 Å². The lowest BCUT2D eigenvalue weighted by Crippen LogP contribution is -2.59. The average molecular weight is 389 g/mol. The number of hydrogen-bond acceptors (Lipinski definition) is 3. The molecule has 7 heteroatoms. The van der Waals surface area contributed by atoms with Crippen molar-refractivity contribution in [1.29, 1.82) is 0 Å². The number of ketones is 1. The molecule has 3 nitrogen and oxygen atoms in total. The van der Waals surface area contributed by atoms with E-state index in [2.05, 4.69) is 0 Å². The number of aliphatic hydroxyl groups is 1. The second-order valence-corrected chi connectivity index (χ2v) is 8.50. The van der Waals surface area contributed by atoms with E-state index in [1.165, 1.54) is 29.2 Å². The summed E-state index contributed by atoms with van der Waals surface area (Å²) >= 11 is 0. The summed E-state index contributed by atoms with van der Waals surface area (Å²) in [5.74, 6) is -1.16. The Morgan fingerprint density at radius 3 is 2.00 bits per heavy atom. The first kappa shape index (κ1) is 21.8. The highest BCUT2D eigenvalue weighted by molar-refractivity contribution is 5.83. The first-order chi connectivity index (χ1) is 12.2. The van der Waals surface area contributed by atoms with Crippen LogP contribution < -0.4 is 0 Å². The van der Waals surface area contributed by atoms with Gasteiger partial charge in [-0.2, -0.15) is 13.2 Å². The summed E-state index contributed by atoms with van der Waals surface area (Å²) in [6, 6.07) is 5.28. The molecule has 0 radical (unpaired) electrons. The number of carbonyl (C=O) groups excluding carboxylic acids is 1. The number of Topliss-reactive ketones (excluding diaryl/α,β-unsaturated/α-hetero) is 1. The zero-order valence-electron chi connectivity index (χ0n) is 16.1. The van der Waals surface area contributed by atoms with Crippen LogP contribution in [-0.4, -0.2) is 47.2 Å². The Bertz CT molecular complexity index is 658. The van der Waals surface area contributed by atoms with Crippen molar-refractivity contribution in [3.05, 3.63) is 35.6 Å². The molecule has 1 fully saturated rings. The molecule has 1 aromatic carbocycles. The third-order valence-corrected chi connectivity index (χ3v) is 5.41. The predicted molar refractivity (Wildman–Crippen MR) is 94.8 cm³/mol. The summed E-state index contributed by atoms with van der Waals surface area (Å²) < 4.78 is 54.7. The van der Waals surface area contributed by atoms with Gasteiger partial charge in [0.2, 0.25) is 0 Å². The number of hydrogen-bond donors (Lipinski definition) is 1. The van der Waals surface area contributed by atoms with Gasteiger partial charge in [-0.25, -0.2) is 4.39 Å². The summed E-state index contributed by atoms with van der Waals surface area (Å²) in [4.78, 5) is 13.5. The minimum Gasteiger partial charge on any atom is -0.379 e. The number of β-amino-alcohol motifs (C(OH)–C–C–N with tert-alkyl or cyclic N) is 1. The van der Waals surface area contributed by atoms with E-state index in [0.29, 0.717) is 5.56 Å². The molecule has 0 bridgehead atoms. The van der Waals surface area contributed by atoms with E-state index in [1.54, 1.807) is 27.7 Å². The van der Waals surface area contributed by atoms with Crippen molar-refractivity contribution in [2.75, 3.05) is 19.6 Å². The van der Waals surface area contributed by atoms with Crippen LogP contribution in [0.4, 0.5) is 17.6 Å². The molecule has 0 aromatic heterocycles. The van der Waals surface area contributed by atoms with Crippen molar-refractivity contribution in [3.8, 4) is 0 Å². The summed E-state index contributed by atoms with van der Waals surface area (Å²) in [7, 11) is 0. The Hall–Kier alpha value is -1.47. The number of piperidine rings is 1. The Balaban J connectivity index is 2.25. The van der Waals surface area contributed by atoms with E-state index in [0.717, 1.165) is 0 Å². The molecule has 3 unspecified atom stereocenters. The highest BCUT2D eigenvalue weighted by Crippen LogP contribution is 2.42. The molecule has 1 saturated heterocycles. The van der Waals surface area contributed by atoms with Gasteiger partial charge in [-0.3, -0.25) is 9.69 Å². The third kappa shape index (κ3) is 4.88. The van der Waals surface area contributed by atoms with Crippen LogP contribution in [-0.2, 0) is 10.2 Å². The number of carbonyl (C=O) groups is 1. The minimum absolute atomic E-state index is 0.0356. The van der Waals surface area contributed by atoms with Crippen molar-refractivity contribution in [1.82, 2.24) is 4.90 Å². The summed E-state index contributed by atoms with van der Waals surface area (Å²) in [6.45, 7) is 6.38. The first-order valence-electron chi connectivity index (χ1n) is 9.06. The van der Waals surface area contributed by atoms with Gasteiger partial charge in [0.15, 0.2) is 5.60 Å². The number of nitrogens with zero attached hydrogens (tertiary/aromatic N) is 1. The van der Waals surface area contributed by atoms with Gasteiger partial charge in [0.25, 0.3) is 0 Å². The topological polar surface area (TPSA) is 40.5 Å². The van der Waals surface area contributed by atoms with Crippen LogP contribution >= 0.6 is 0 Å². The lowest BCUT2D eigenvalue weighted by atomic mass is 9.74. The van der Waals surface area contributed by atoms with E-state index < -0.39 is 36.0 Å². The van der Waals surface area contributed by atoms with Gasteiger partial charge >= 0.3 is 6.18 Å². The molecule has 1 N–H and O–H groups in total. The molecular weight excluding hydrogens is 362 g/mol. The molecule has 1 aliphatic heterocycles. The number of alkyl halides is 3. The van der Waals surface area contributed by atoms with Crippen molar-refractivity contribution in [2.24, 2.45) is 11.8 Å². The average Bonchev–Trinajstić information content (AvgIpc) is 2.51. The summed E-state index contributed by atoms with van der Waals surface area (Å²) in [5.41, 5.74) is -3.45. The van der Waals surface area contributed by atoms with Crippen LogP contribution in [0, 0.1) is 17.7 Å². The maximum absolute atomic E-state index is 13.8. The fraction of sp³-hybridized carbons (Fsp3) is 0.650. The van der Waals surface area contributed by atoms with Crippen LogP contribution in [0.3, 0.4) is 0 Å². The SMILES string of the molecule is CC1CN(CC(O)(CC(C)(C)c2ccc(F)cc2)C(F)(F)F)CC(C)C1=O. The van der Waals surface area contributed by atoms with Gasteiger partial charge < -0.3 is 5.11 Å². The van der Waals surface area contributed by atoms with Gasteiger partial charge in [-0.1, -0.05) is 39.8 Å². The Labute approximate surface area is 157 Å². The third-order valence-electron chi connectivity index (χ3n) is 5.41. The molecule has 1 aromatic rings. The summed E-state index contributed by atoms with van der Waals surface area (Å²) in [5, 5.41) is 10.7. The van der Waals surface area contributed by atoms with Gasteiger partial charge in [0.05, 0.1) is 0 Å². The molecule has 27 heavy (non-hydrogen) atoms. The number of halogens is 4. The van der Waals surface area contributed by atoms with Crippen LogP contribution in [0.25, 0.3) is 0 Å². The van der Waals surface area contributed by atoms with Crippen LogP contribution in [0.15, 0.2) is 24.3 Å². The number of rotatable bonds is 5. The van der Waals surface area contributed by atoms with E-state index >= 15 is 0 Å². The molecule has 0 spiro atoms. The minimum atomic E-state index is -4.84. The molecule has 1 heterocycles. The predicted octanol–water partition coefficient (Wildman–Crippen LogP) is 3.94. The van der Waals surface area contributed by atoms with Gasteiger partial charge in [-0.15, -0.1) is 0 Å². The van der Waals surface area contributed by atoms with E-state index in [4.69, 9.17) is 0 Å². The standard InChI is InChI=1S/C20H27F4NO2/c1-13-9-25(10-14(2)17(13)26)12-19(27,20(22,23)24)11-18(3,4)15-5-7-16(21)8-6-15/h5-8,13-14,27H,9-12H2,1-4H3. The normalized spacial score (nSPS) is 24.7. The molecule has 152 valence electrons. The van der Waals surface area contributed by atoms with E-state index in [1.807, 2.05) is 0 Å². The van der Waals surface area contributed by atoms with Gasteiger partial charge in [0, 0.05) is 31.5 Å². The quantitative estimate of drug-likeness (QED) is 0.776. The molecule has 3 atom stereocenters. The summed E-state index contributed by atoms with van der Waals surface area (Å²) in [6.07, 6.45) is -5.40. The van der Waals surface area contributed by atoms with Gasteiger partial charge in [-0.05, 0) is 29.5 Å². The van der Waals surface area contributed by atoms with Crippen molar-refractivity contribution in [2.45, 2.75) is 51.3 Å². The highest BCUT2D eigenvalue weighted by Gasteiger charge is 2.57. The fourth-order valence-corrected chi connectivity index (χ4v) is 3.99.